The minimum Gasteiger partial charge on any atom is -0.399 e. The van der Waals surface area contributed by atoms with Crippen molar-refractivity contribution in [3.63, 3.8) is 0 Å². The lowest BCUT2D eigenvalue weighted by Gasteiger charge is -2.05. The highest BCUT2D eigenvalue weighted by molar-refractivity contribution is 8.13. The second-order valence-corrected chi connectivity index (χ2v) is 8.55. The van der Waals surface area contributed by atoms with Gasteiger partial charge in [-0.15, -0.1) is 0 Å². The Morgan fingerprint density at radius 2 is 1.22 bits per heavy atom. The van der Waals surface area contributed by atoms with E-state index in [4.69, 9.17) is 5.73 Å². The van der Waals surface area contributed by atoms with Crippen LogP contribution in [-0.2, 0) is 0 Å². The topological polar surface area (TPSA) is 55.1 Å². The largest absolute Gasteiger partial charge is 0.399 e. The Morgan fingerprint density at radius 3 is 1.70 bits per heavy atom. The van der Waals surface area contributed by atoms with E-state index >= 15 is 0 Å². The third-order valence-corrected chi connectivity index (χ3v) is 5.75. The smallest absolute Gasteiger partial charge is 0.283 e. The number of nitrogens with two attached hydrogens (primary N) is 1. The minimum absolute atomic E-state index is 0.0227. The van der Waals surface area contributed by atoms with Crippen LogP contribution in [-0.4, -0.2) is 11.0 Å². The molecule has 0 aliphatic heterocycles. The van der Waals surface area contributed by atoms with Crippen molar-refractivity contribution in [2.75, 3.05) is 16.8 Å². The van der Waals surface area contributed by atoms with E-state index in [1.54, 1.807) is 12.1 Å². The van der Waals surface area contributed by atoms with E-state index < -0.39 is 0 Å². The number of unbranched alkanes of at least 4 members (excludes halogenated alkanes) is 13. The summed E-state index contributed by atoms with van der Waals surface area (Å²) in [7, 11) is 0. The zero-order chi connectivity index (χ0) is 19.6. The van der Waals surface area contributed by atoms with Crippen LogP contribution in [0.2, 0.25) is 0 Å². The predicted octanol–water partition coefficient (Wildman–Crippen LogP) is 8.02. The SMILES string of the molecule is CCCCCCCCCCCCCCCCSC(=O)Nc1ccc(N)cc1. The number of amides is 1. The van der Waals surface area contributed by atoms with Gasteiger partial charge in [-0.05, 0) is 30.7 Å². The van der Waals surface area contributed by atoms with E-state index in [1.165, 1.54) is 95.2 Å². The van der Waals surface area contributed by atoms with Crippen LogP contribution in [0, 0.1) is 0 Å². The lowest BCUT2D eigenvalue weighted by Crippen LogP contribution is -2.05. The van der Waals surface area contributed by atoms with Gasteiger partial charge in [0.25, 0.3) is 5.24 Å². The van der Waals surface area contributed by atoms with Crippen LogP contribution in [0.5, 0.6) is 0 Å². The first-order valence-corrected chi connectivity index (χ1v) is 12.0. The average Bonchev–Trinajstić information content (AvgIpc) is 2.66. The fourth-order valence-corrected chi connectivity index (χ4v) is 3.91. The fraction of sp³-hybridized carbons (Fsp3) is 0.696. The second kappa shape index (κ2) is 17.0. The number of anilines is 2. The van der Waals surface area contributed by atoms with Gasteiger partial charge in [0, 0.05) is 17.1 Å². The van der Waals surface area contributed by atoms with Gasteiger partial charge in [0.1, 0.15) is 0 Å². The van der Waals surface area contributed by atoms with Crippen LogP contribution in [0.1, 0.15) is 96.8 Å². The number of hydrogen-bond donors (Lipinski definition) is 2. The molecule has 0 aromatic heterocycles. The van der Waals surface area contributed by atoms with Crippen molar-refractivity contribution in [2.24, 2.45) is 0 Å². The molecule has 27 heavy (non-hydrogen) atoms. The molecule has 0 spiro atoms. The molecule has 1 rings (SSSR count). The Hall–Kier alpha value is -1.16. The van der Waals surface area contributed by atoms with E-state index in [-0.39, 0.29) is 5.24 Å². The molecule has 0 saturated heterocycles. The zero-order valence-electron chi connectivity index (χ0n) is 17.3. The highest BCUT2D eigenvalue weighted by atomic mass is 32.2. The van der Waals surface area contributed by atoms with Gasteiger partial charge in [-0.1, -0.05) is 102 Å². The first-order valence-electron chi connectivity index (χ1n) is 11.0. The lowest BCUT2D eigenvalue weighted by molar-refractivity contribution is 0.269. The van der Waals surface area contributed by atoms with Gasteiger partial charge < -0.3 is 11.1 Å². The summed E-state index contributed by atoms with van der Waals surface area (Å²) in [6.07, 6.45) is 19.1. The summed E-state index contributed by atoms with van der Waals surface area (Å²) in [5.74, 6) is 0.902. The van der Waals surface area contributed by atoms with Crippen molar-refractivity contribution in [3.8, 4) is 0 Å². The molecular formula is C23H40N2OS. The van der Waals surface area contributed by atoms with Gasteiger partial charge in [-0.2, -0.15) is 0 Å². The van der Waals surface area contributed by atoms with Gasteiger partial charge in [-0.25, -0.2) is 0 Å². The number of rotatable bonds is 16. The molecular weight excluding hydrogens is 352 g/mol. The monoisotopic (exact) mass is 392 g/mol. The molecule has 3 nitrogen and oxygen atoms in total. The molecule has 154 valence electrons. The molecule has 1 aromatic rings. The van der Waals surface area contributed by atoms with E-state index in [1.807, 2.05) is 12.1 Å². The normalized spacial score (nSPS) is 10.9. The Morgan fingerprint density at radius 1 is 0.778 bits per heavy atom. The molecule has 0 aliphatic carbocycles. The number of benzene rings is 1. The number of nitrogen functional groups attached to an aromatic ring is 1. The maximum Gasteiger partial charge on any atom is 0.283 e. The standard InChI is InChI=1S/C23H40N2OS/c1-2-3-4-5-6-7-8-9-10-11-12-13-14-15-20-27-23(26)25-22-18-16-21(24)17-19-22/h16-19H,2-15,20,24H2,1H3,(H,25,26). The van der Waals surface area contributed by atoms with Crippen molar-refractivity contribution < 1.29 is 4.79 Å². The number of nitrogens with one attached hydrogen (secondary N) is 1. The van der Waals surface area contributed by atoms with Crippen LogP contribution in [0.25, 0.3) is 0 Å². The average molecular weight is 393 g/mol. The number of carbonyl (C=O) groups excluding carboxylic acids is 1. The van der Waals surface area contributed by atoms with Crippen LogP contribution < -0.4 is 11.1 Å². The van der Waals surface area contributed by atoms with E-state index in [9.17, 15) is 4.79 Å². The molecule has 1 amide bonds. The van der Waals surface area contributed by atoms with Gasteiger partial charge in [0.2, 0.25) is 0 Å². The molecule has 0 atom stereocenters. The van der Waals surface area contributed by atoms with Crippen LogP contribution in [0.4, 0.5) is 16.2 Å². The van der Waals surface area contributed by atoms with E-state index in [2.05, 4.69) is 12.2 Å². The minimum atomic E-state index is 0.0227. The highest BCUT2D eigenvalue weighted by Crippen LogP contribution is 2.16. The molecule has 0 radical (unpaired) electrons. The maximum absolute atomic E-state index is 11.9. The molecule has 4 heteroatoms. The molecule has 0 heterocycles. The summed E-state index contributed by atoms with van der Waals surface area (Å²) >= 11 is 1.38. The van der Waals surface area contributed by atoms with Crippen molar-refractivity contribution in [1.29, 1.82) is 0 Å². The summed E-state index contributed by atoms with van der Waals surface area (Å²) in [5.41, 5.74) is 7.16. The predicted molar refractivity (Wildman–Crippen MR) is 123 cm³/mol. The van der Waals surface area contributed by atoms with Gasteiger partial charge in [0.15, 0.2) is 0 Å². The molecule has 0 aliphatic rings. The molecule has 1 aromatic carbocycles. The number of carbonyl (C=O) groups is 1. The van der Waals surface area contributed by atoms with Crippen molar-refractivity contribution in [3.05, 3.63) is 24.3 Å². The molecule has 3 N–H and O–H groups in total. The number of hydrogen-bond acceptors (Lipinski definition) is 3. The van der Waals surface area contributed by atoms with Crippen molar-refractivity contribution in [2.45, 2.75) is 96.8 Å². The van der Waals surface area contributed by atoms with Crippen LogP contribution in [0.15, 0.2) is 24.3 Å². The highest BCUT2D eigenvalue weighted by Gasteiger charge is 2.02. The molecule has 0 unspecified atom stereocenters. The molecule has 0 bridgehead atoms. The Balaban J connectivity index is 1.81. The first-order chi connectivity index (χ1) is 13.2. The quantitative estimate of drug-likeness (QED) is 0.221. The first kappa shape index (κ1) is 23.9. The summed E-state index contributed by atoms with van der Waals surface area (Å²) in [5, 5.41) is 2.91. The maximum atomic E-state index is 11.9. The summed E-state index contributed by atoms with van der Waals surface area (Å²) in [6.45, 7) is 2.28. The zero-order valence-corrected chi connectivity index (χ0v) is 18.1. The van der Waals surface area contributed by atoms with Gasteiger partial charge in [0.05, 0.1) is 0 Å². The van der Waals surface area contributed by atoms with Crippen LogP contribution >= 0.6 is 11.8 Å². The Bertz CT molecular complexity index is 476. The van der Waals surface area contributed by atoms with Crippen molar-refractivity contribution >= 4 is 28.4 Å². The molecule has 0 saturated carbocycles. The summed E-state index contributed by atoms with van der Waals surface area (Å²) < 4.78 is 0. The van der Waals surface area contributed by atoms with Crippen molar-refractivity contribution in [1.82, 2.24) is 0 Å². The third-order valence-electron chi connectivity index (χ3n) is 4.89. The number of thioether (sulfide) groups is 1. The third kappa shape index (κ3) is 14.6. The summed E-state index contributed by atoms with van der Waals surface area (Å²) in [6, 6.07) is 7.27. The Kier molecular flexibility index (Phi) is 15.0. The molecule has 0 fully saturated rings. The van der Waals surface area contributed by atoms with E-state index in [0.717, 1.165) is 17.9 Å². The second-order valence-electron chi connectivity index (χ2n) is 7.48. The fourth-order valence-electron chi connectivity index (χ4n) is 3.18. The van der Waals surface area contributed by atoms with Crippen LogP contribution in [0.3, 0.4) is 0 Å². The summed E-state index contributed by atoms with van der Waals surface area (Å²) in [4.78, 5) is 11.9. The lowest BCUT2D eigenvalue weighted by atomic mass is 10.0. The van der Waals surface area contributed by atoms with Gasteiger partial charge in [-0.3, -0.25) is 4.79 Å². The Labute approximate surface area is 171 Å². The van der Waals surface area contributed by atoms with Gasteiger partial charge >= 0.3 is 0 Å². The van der Waals surface area contributed by atoms with E-state index in [0.29, 0.717) is 5.69 Å².